The van der Waals surface area contributed by atoms with Crippen LogP contribution in [0.3, 0.4) is 0 Å². The van der Waals surface area contributed by atoms with Gasteiger partial charge in [-0.05, 0) is 12.8 Å². The number of β-lactam (4-membered cyclic amide) rings is 1. The first kappa shape index (κ1) is 19.5. The van der Waals surface area contributed by atoms with Crippen molar-refractivity contribution in [3.05, 3.63) is 9.93 Å². The fourth-order valence-corrected chi connectivity index (χ4v) is 6.71. The minimum absolute atomic E-state index is 0.00439. The summed E-state index contributed by atoms with van der Waals surface area (Å²) in [6.45, 7) is 2.40. The van der Waals surface area contributed by atoms with Gasteiger partial charge < -0.3 is 20.4 Å². The van der Waals surface area contributed by atoms with Crippen molar-refractivity contribution in [2.24, 2.45) is 5.92 Å². The first-order valence-electron chi connectivity index (χ1n) is 8.52. The van der Waals surface area contributed by atoms with Crippen LogP contribution in [0.25, 0.3) is 0 Å². The highest BCUT2D eigenvalue weighted by Crippen LogP contribution is 2.55. The lowest BCUT2D eigenvalue weighted by Crippen LogP contribution is -2.61. The van der Waals surface area contributed by atoms with Crippen LogP contribution in [-0.2, 0) is 14.4 Å². The van der Waals surface area contributed by atoms with Gasteiger partial charge in [0.2, 0.25) is 11.8 Å². The van der Waals surface area contributed by atoms with Crippen LogP contribution in [0.5, 0.6) is 0 Å². The van der Waals surface area contributed by atoms with Gasteiger partial charge >= 0.3 is 5.97 Å². The summed E-state index contributed by atoms with van der Waals surface area (Å²) in [6.07, 6.45) is 0.302. The summed E-state index contributed by atoms with van der Waals surface area (Å²) in [5, 5.41) is 22.5. The molecule has 0 aromatic rings. The van der Waals surface area contributed by atoms with E-state index in [-0.39, 0.29) is 34.2 Å². The Bertz CT molecular complexity index is 668. The summed E-state index contributed by atoms with van der Waals surface area (Å²) >= 11 is 2.75. The number of carboxylic acid groups (broad SMARTS) is 1. The number of nitrogens with one attached hydrogen (secondary N) is 1. The number of carboxylic acids is 1. The Labute approximate surface area is 160 Å². The Kier molecular flexibility index (Phi) is 5.57. The molecule has 0 bridgehead atoms. The van der Waals surface area contributed by atoms with E-state index < -0.39 is 18.0 Å². The Hall–Kier alpha value is -1.23. The summed E-state index contributed by atoms with van der Waals surface area (Å²) in [4.78, 5) is 39.0. The normalized spacial score (nSPS) is 31.7. The van der Waals surface area contributed by atoms with Crippen molar-refractivity contribution in [1.29, 1.82) is 0 Å². The number of thioether (sulfide) groups is 2. The van der Waals surface area contributed by atoms with Crippen molar-refractivity contribution in [1.82, 2.24) is 15.1 Å². The van der Waals surface area contributed by atoms with Gasteiger partial charge in [-0.1, -0.05) is 18.7 Å². The molecule has 0 spiro atoms. The van der Waals surface area contributed by atoms with Crippen LogP contribution in [0.2, 0.25) is 0 Å². The fourth-order valence-electron chi connectivity index (χ4n) is 3.44. The zero-order valence-corrected chi connectivity index (χ0v) is 16.5. The number of likely N-dealkylation sites (N-methyl/N-ethyl adjacent to an activating group) is 1. The summed E-state index contributed by atoms with van der Waals surface area (Å²) in [6, 6.07) is -0.267. The van der Waals surface area contributed by atoms with Gasteiger partial charge in [-0.3, -0.25) is 14.5 Å². The minimum atomic E-state index is -1.13. The highest BCUT2D eigenvalue weighted by atomic mass is 32.2. The maximum absolute atomic E-state index is 12.3. The van der Waals surface area contributed by atoms with Crippen molar-refractivity contribution in [3.8, 4) is 0 Å². The van der Waals surface area contributed by atoms with Crippen LogP contribution < -0.4 is 5.32 Å². The molecule has 144 valence electrons. The Balaban J connectivity index is 1.71. The molecule has 3 aliphatic rings. The van der Waals surface area contributed by atoms with E-state index in [1.165, 1.54) is 33.3 Å². The number of aliphatic hydroxyl groups excluding tert-OH is 1. The number of hydrogen-bond acceptors (Lipinski definition) is 7. The molecule has 0 saturated carbocycles. The second-order valence-electron chi connectivity index (χ2n) is 6.83. The van der Waals surface area contributed by atoms with Gasteiger partial charge in [-0.25, -0.2) is 4.79 Å². The first-order valence-corrected chi connectivity index (χ1v) is 10.3. The third-order valence-corrected chi connectivity index (χ3v) is 7.71. The smallest absolute Gasteiger partial charge is 0.354 e. The number of rotatable bonds is 6. The Morgan fingerprint density at radius 1 is 1.46 bits per heavy atom. The molecule has 0 aromatic carbocycles. The largest absolute Gasteiger partial charge is 0.477 e. The van der Waals surface area contributed by atoms with Gasteiger partial charge in [0.1, 0.15) is 5.37 Å². The fraction of sp³-hybridized carbons (Fsp3) is 0.688. The van der Waals surface area contributed by atoms with Crippen LogP contribution >= 0.6 is 23.5 Å². The maximum atomic E-state index is 12.3. The van der Waals surface area contributed by atoms with Crippen molar-refractivity contribution in [2.45, 2.75) is 42.5 Å². The van der Waals surface area contributed by atoms with Crippen LogP contribution in [-0.4, -0.2) is 81.2 Å². The molecule has 3 aliphatic heterocycles. The van der Waals surface area contributed by atoms with E-state index in [9.17, 15) is 24.6 Å². The third kappa shape index (κ3) is 3.23. The Morgan fingerprint density at radius 3 is 2.73 bits per heavy atom. The molecule has 3 rings (SSSR count). The van der Waals surface area contributed by atoms with Gasteiger partial charge in [0, 0.05) is 25.9 Å². The lowest BCUT2D eigenvalue weighted by atomic mass is 9.90. The molecule has 0 aliphatic carbocycles. The molecule has 3 heterocycles. The lowest BCUT2D eigenvalue weighted by Gasteiger charge is -2.44. The molecule has 3 N–H and O–H groups in total. The van der Waals surface area contributed by atoms with Crippen LogP contribution in [0.15, 0.2) is 9.93 Å². The topological polar surface area (TPSA) is 110 Å². The standard InChI is InChI=1S/C16H23N3O5S2/c1-4-9(20)10-13(22)19-11(15(23)24)16(26-14(10)19)25-7-5-8(17-6-7)12(21)18(2)3/h7-10,14,17,20H,4-6H2,1-3H3,(H,23,24). The van der Waals surface area contributed by atoms with Crippen LogP contribution in [0.1, 0.15) is 19.8 Å². The maximum Gasteiger partial charge on any atom is 0.354 e. The van der Waals surface area contributed by atoms with Gasteiger partial charge in [0.05, 0.1) is 22.3 Å². The van der Waals surface area contributed by atoms with E-state index in [0.717, 1.165) is 0 Å². The number of carbonyl (C=O) groups is 3. The van der Waals surface area contributed by atoms with E-state index >= 15 is 0 Å². The monoisotopic (exact) mass is 401 g/mol. The SMILES string of the molecule is CCC(O)C1C(=O)N2C(C(=O)O)=C(SC3CNC(C(=O)N(C)C)C3)SC12. The zero-order valence-electron chi connectivity index (χ0n) is 14.8. The molecule has 5 atom stereocenters. The number of amides is 2. The minimum Gasteiger partial charge on any atom is -0.477 e. The van der Waals surface area contributed by atoms with E-state index in [1.807, 2.05) is 0 Å². The lowest BCUT2D eigenvalue weighted by molar-refractivity contribution is -0.157. The summed E-state index contributed by atoms with van der Waals surface area (Å²) < 4.78 is 0.589. The third-order valence-electron chi connectivity index (χ3n) is 4.88. The van der Waals surface area contributed by atoms with Crippen molar-refractivity contribution in [3.63, 3.8) is 0 Å². The molecular formula is C16H23N3O5S2. The molecule has 26 heavy (non-hydrogen) atoms. The van der Waals surface area contributed by atoms with Crippen LogP contribution in [0.4, 0.5) is 0 Å². The molecule has 2 fully saturated rings. The Morgan fingerprint density at radius 2 is 2.15 bits per heavy atom. The van der Waals surface area contributed by atoms with Crippen molar-refractivity contribution < 1.29 is 24.6 Å². The quantitative estimate of drug-likeness (QED) is 0.538. The van der Waals surface area contributed by atoms with Crippen molar-refractivity contribution in [2.75, 3.05) is 20.6 Å². The number of carbonyl (C=O) groups excluding carboxylic acids is 2. The van der Waals surface area contributed by atoms with E-state index in [4.69, 9.17) is 0 Å². The summed E-state index contributed by atoms with van der Waals surface area (Å²) in [5.74, 6) is -2.01. The molecule has 2 amide bonds. The number of fused-ring (bicyclic) bond motifs is 1. The molecular weight excluding hydrogens is 378 g/mol. The van der Waals surface area contributed by atoms with Gasteiger partial charge in [0.25, 0.3) is 0 Å². The predicted molar refractivity (Wildman–Crippen MR) is 99.2 cm³/mol. The highest BCUT2D eigenvalue weighted by molar-refractivity contribution is 8.23. The van der Waals surface area contributed by atoms with Gasteiger partial charge in [-0.15, -0.1) is 11.8 Å². The second kappa shape index (κ2) is 7.41. The molecule has 0 radical (unpaired) electrons. The van der Waals surface area contributed by atoms with E-state index in [2.05, 4.69) is 5.32 Å². The van der Waals surface area contributed by atoms with Crippen molar-refractivity contribution >= 4 is 41.3 Å². The number of aliphatic carboxylic acids is 1. The number of aliphatic hydroxyl groups is 1. The molecule has 0 aromatic heterocycles. The zero-order chi connectivity index (χ0) is 19.2. The average molecular weight is 402 g/mol. The molecule has 8 nitrogen and oxygen atoms in total. The van der Waals surface area contributed by atoms with Crippen LogP contribution in [0, 0.1) is 5.92 Å². The second-order valence-corrected chi connectivity index (χ2v) is 9.52. The molecule has 10 heteroatoms. The van der Waals surface area contributed by atoms with Gasteiger partial charge in [0.15, 0.2) is 5.70 Å². The first-order chi connectivity index (χ1) is 12.3. The number of nitrogens with zero attached hydrogens (tertiary/aromatic N) is 2. The summed E-state index contributed by atoms with van der Waals surface area (Å²) in [7, 11) is 3.41. The summed E-state index contributed by atoms with van der Waals surface area (Å²) in [5.41, 5.74) is 0.0111. The number of hydrogen-bond donors (Lipinski definition) is 3. The highest BCUT2D eigenvalue weighted by Gasteiger charge is 2.58. The predicted octanol–water partition coefficient (Wildman–Crippen LogP) is 0.0942. The molecule has 5 unspecified atom stereocenters. The van der Waals surface area contributed by atoms with Gasteiger partial charge in [-0.2, -0.15) is 0 Å². The molecule has 2 saturated heterocycles. The van der Waals surface area contributed by atoms with E-state index in [0.29, 0.717) is 23.6 Å². The van der Waals surface area contributed by atoms with E-state index in [1.54, 1.807) is 21.0 Å². The average Bonchev–Trinajstić information content (AvgIpc) is 3.17.